The van der Waals surface area contributed by atoms with Crippen LogP contribution in [0, 0.1) is 0 Å². The molecule has 3 aromatic rings. The fourth-order valence-corrected chi connectivity index (χ4v) is 3.83. The van der Waals surface area contributed by atoms with E-state index in [0.29, 0.717) is 13.1 Å². The molecule has 0 radical (unpaired) electrons. The van der Waals surface area contributed by atoms with Crippen molar-refractivity contribution in [1.29, 1.82) is 0 Å². The molecular formula is C22H32IN9. The summed E-state index contributed by atoms with van der Waals surface area (Å²) < 4.78 is 1.74. The smallest absolute Gasteiger partial charge is 0.191 e. The van der Waals surface area contributed by atoms with Gasteiger partial charge in [0, 0.05) is 40.3 Å². The first-order valence-corrected chi connectivity index (χ1v) is 10.8. The van der Waals surface area contributed by atoms with Crippen molar-refractivity contribution in [3.8, 4) is 0 Å². The number of nitrogens with zero attached hydrogens (tertiary/aromatic N) is 6. The third-order valence-corrected chi connectivity index (χ3v) is 5.55. The molecule has 2 aromatic heterocycles. The molecule has 0 atom stereocenters. The third-order valence-electron chi connectivity index (χ3n) is 5.55. The molecule has 32 heavy (non-hydrogen) atoms. The van der Waals surface area contributed by atoms with Crippen molar-refractivity contribution in [2.75, 3.05) is 38.5 Å². The predicted molar refractivity (Wildman–Crippen MR) is 139 cm³/mol. The highest BCUT2D eigenvalue weighted by molar-refractivity contribution is 14.0. The lowest BCUT2D eigenvalue weighted by atomic mass is 10.1. The first-order chi connectivity index (χ1) is 15.2. The molecule has 4 rings (SSSR count). The fourth-order valence-electron chi connectivity index (χ4n) is 3.83. The van der Waals surface area contributed by atoms with Gasteiger partial charge in [-0.15, -0.1) is 24.0 Å². The van der Waals surface area contributed by atoms with Gasteiger partial charge in [0.15, 0.2) is 11.6 Å². The topological polar surface area (TPSA) is 95.3 Å². The number of guanidine groups is 1. The number of hydrogen-bond donors (Lipinski definition) is 3. The van der Waals surface area contributed by atoms with Gasteiger partial charge in [-0.25, -0.2) is 9.97 Å². The molecule has 3 N–H and O–H groups in total. The van der Waals surface area contributed by atoms with E-state index in [4.69, 9.17) is 0 Å². The summed E-state index contributed by atoms with van der Waals surface area (Å²) in [7, 11) is 3.66. The maximum atomic E-state index is 4.32. The number of anilines is 1. The van der Waals surface area contributed by atoms with E-state index in [2.05, 4.69) is 65.2 Å². The van der Waals surface area contributed by atoms with Gasteiger partial charge < -0.3 is 16.0 Å². The van der Waals surface area contributed by atoms with Gasteiger partial charge in [-0.05, 0) is 37.1 Å². The summed E-state index contributed by atoms with van der Waals surface area (Å²) in [6.07, 6.45) is 5.99. The Kier molecular flexibility index (Phi) is 9.03. The second-order valence-corrected chi connectivity index (χ2v) is 7.81. The Bertz CT molecular complexity index is 1010. The van der Waals surface area contributed by atoms with Crippen LogP contribution in [0.4, 0.5) is 5.82 Å². The number of rotatable bonds is 8. The number of nitrogens with one attached hydrogen (secondary N) is 3. The molecule has 0 amide bonds. The van der Waals surface area contributed by atoms with Gasteiger partial charge in [0.25, 0.3) is 0 Å². The Morgan fingerprint density at radius 3 is 2.53 bits per heavy atom. The van der Waals surface area contributed by atoms with Crippen molar-refractivity contribution in [3.63, 3.8) is 0 Å². The number of aryl methyl sites for hydroxylation is 1. The summed E-state index contributed by atoms with van der Waals surface area (Å²) in [5, 5.41) is 15.2. The van der Waals surface area contributed by atoms with Crippen LogP contribution in [0.3, 0.4) is 0 Å². The summed E-state index contributed by atoms with van der Waals surface area (Å²) >= 11 is 0. The van der Waals surface area contributed by atoms with Crippen molar-refractivity contribution in [2.24, 2.45) is 12.0 Å². The van der Waals surface area contributed by atoms with Crippen LogP contribution >= 0.6 is 24.0 Å². The van der Waals surface area contributed by atoms with Gasteiger partial charge in [0.2, 0.25) is 0 Å². The maximum absolute atomic E-state index is 4.32. The monoisotopic (exact) mass is 549 g/mol. The standard InChI is InChI=1S/C22H31N9.HI/c1-23-22(25-10-9-24-20-19-14-29-30(2)21(19)28-16-27-20)26-13-17-5-7-18(8-6-17)15-31-11-3-4-12-31;/h5-8,14,16H,3-4,9-13,15H2,1-2H3,(H2,23,25,26)(H,24,27,28);1H. The zero-order chi connectivity index (χ0) is 21.5. The largest absolute Gasteiger partial charge is 0.368 e. The number of likely N-dealkylation sites (tertiary alicyclic amines) is 1. The highest BCUT2D eigenvalue weighted by Crippen LogP contribution is 2.17. The highest BCUT2D eigenvalue weighted by Gasteiger charge is 2.11. The molecule has 10 heteroatoms. The number of aromatic nitrogens is 4. The molecule has 1 aliphatic rings. The minimum atomic E-state index is 0. The Morgan fingerprint density at radius 1 is 1.03 bits per heavy atom. The minimum Gasteiger partial charge on any atom is -0.368 e. The summed E-state index contributed by atoms with van der Waals surface area (Å²) in [5.74, 6) is 1.56. The number of halogens is 1. The van der Waals surface area contributed by atoms with E-state index in [1.54, 1.807) is 24.3 Å². The third kappa shape index (κ3) is 6.28. The summed E-state index contributed by atoms with van der Waals surface area (Å²) in [6, 6.07) is 8.86. The Hall–Kier alpha value is -2.47. The molecule has 9 nitrogen and oxygen atoms in total. The van der Waals surface area contributed by atoms with Crippen LogP contribution in [-0.4, -0.2) is 63.8 Å². The Balaban J connectivity index is 0.00000289. The molecule has 0 unspecified atom stereocenters. The van der Waals surface area contributed by atoms with Crippen molar-refractivity contribution in [1.82, 2.24) is 35.3 Å². The van der Waals surface area contributed by atoms with E-state index in [1.807, 2.05) is 7.05 Å². The molecule has 1 saturated heterocycles. The van der Waals surface area contributed by atoms with Crippen LogP contribution in [0.2, 0.25) is 0 Å². The van der Waals surface area contributed by atoms with Crippen LogP contribution < -0.4 is 16.0 Å². The normalized spacial score (nSPS) is 14.4. The van der Waals surface area contributed by atoms with Gasteiger partial charge in [-0.1, -0.05) is 24.3 Å². The molecule has 172 valence electrons. The number of benzene rings is 1. The quantitative estimate of drug-likeness (QED) is 0.172. The SMILES string of the molecule is CN=C(NCCNc1ncnc2c1cnn2C)NCc1ccc(CN2CCCC2)cc1.I. The van der Waals surface area contributed by atoms with Crippen LogP contribution in [0.25, 0.3) is 11.0 Å². The summed E-state index contributed by atoms with van der Waals surface area (Å²) in [4.78, 5) is 15.4. The average molecular weight is 549 g/mol. The first kappa shape index (κ1) is 24.2. The van der Waals surface area contributed by atoms with Crippen LogP contribution in [0.15, 0.2) is 41.8 Å². The van der Waals surface area contributed by atoms with Crippen molar-refractivity contribution in [3.05, 3.63) is 47.9 Å². The van der Waals surface area contributed by atoms with Gasteiger partial charge in [0.1, 0.15) is 12.1 Å². The zero-order valence-corrected chi connectivity index (χ0v) is 21.0. The van der Waals surface area contributed by atoms with Gasteiger partial charge in [-0.2, -0.15) is 5.10 Å². The number of fused-ring (bicyclic) bond motifs is 1. The summed E-state index contributed by atoms with van der Waals surface area (Å²) in [6.45, 7) is 5.66. The van der Waals surface area contributed by atoms with E-state index in [9.17, 15) is 0 Å². The van der Waals surface area contributed by atoms with Crippen molar-refractivity contribution < 1.29 is 0 Å². The molecule has 0 aliphatic carbocycles. The molecular weight excluding hydrogens is 517 g/mol. The molecule has 0 bridgehead atoms. The first-order valence-electron chi connectivity index (χ1n) is 10.8. The van der Waals surface area contributed by atoms with E-state index >= 15 is 0 Å². The molecule has 0 saturated carbocycles. The van der Waals surface area contributed by atoms with Crippen molar-refractivity contribution in [2.45, 2.75) is 25.9 Å². The Labute approximate surface area is 206 Å². The number of aliphatic imine (C=N–C) groups is 1. The lowest BCUT2D eigenvalue weighted by Gasteiger charge is -2.15. The highest BCUT2D eigenvalue weighted by atomic mass is 127. The van der Waals surface area contributed by atoms with E-state index < -0.39 is 0 Å². The second-order valence-electron chi connectivity index (χ2n) is 7.81. The Morgan fingerprint density at radius 2 is 1.78 bits per heavy atom. The lowest BCUT2D eigenvalue weighted by Crippen LogP contribution is -2.39. The fraction of sp³-hybridized carbons (Fsp3) is 0.455. The second kappa shape index (κ2) is 12.0. The van der Waals surface area contributed by atoms with Gasteiger partial charge in [0.05, 0.1) is 11.6 Å². The maximum Gasteiger partial charge on any atom is 0.191 e. The molecule has 3 heterocycles. The van der Waals surface area contributed by atoms with E-state index in [0.717, 1.165) is 35.9 Å². The lowest BCUT2D eigenvalue weighted by molar-refractivity contribution is 0.331. The number of hydrogen-bond acceptors (Lipinski definition) is 6. The van der Waals surface area contributed by atoms with Crippen LogP contribution in [0.1, 0.15) is 24.0 Å². The minimum absolute atomic E-state index is 0. The van der Waals surface area contributed by atoms with Gasteiger partial charge >= 0.3 is 0 Å². The van der Waals surface area contributed by atoms with Crippen molar-refractivity contribution >= 4 is 46.8 Å². The summed E-state index contributed by atoms with van der Waals surface area (Å²) in [5.41, 5.74) is 3.44. The molecule has 1 aromatic carbocycles. The van der Waals surface area contributed by atoms with E-state index in [1.165, 1.54) is 37.1 Å². The van der Waals surface area contributed by atoms with Gasteiger partial charge in [-0.3, -0.25) is 14.6 Å². The zero-order valence-electron chi connectivity index (χ0n) is 18.7. The molecule has 0 spiro atoms. The van der Waals surface area contributed by atoms with Crippen LogP contribution in [-0.2, 0) is 20.1 Å². The van der Waals surface area contributed by atoms with E-state index in [-0.39, 0.29) is 24.0 Å². The van der Waals surface area contributed by atoms with Crippen LogP contribution in [0.5, 0.6) is 0 Å². The molecule has 1 aliphatic heterocycles. The average Bonchev–Trinajstić information content (AvgIpc) is 3.44. The predicted octanol–water partition coefficient (Wildman–Crippen LogP) is 2.35. The molecule has 1 fully saturated rings.